The molecule has 6 heteroatoms. The third-order valence-corrected chi connectivity index (χ3v) is 3.36. The minimum atomic E-state index is -4.20. The fraction of sp³-hybridized carbons (Fsp3) is 0.500. The molecule has 1 aromatic carbocycles. The van der Waals surface area contributed by atoms with E-state index in [9.17, 15) is 17.6 Å². The SMILES string of the molecule is CCNC(CCC(F)(F)F)c1cccc(F)c1Br. The Morgan fingerprint density at radius 2 is 2.00 bits per heavy atom. The zero-order chi connectivity index (χ0) is 13.8. The van der Waals surface area contributed by atoms with Crippen LogP contribution in [0.5, 0.6) is 0 Å². The monoisotopic (exact) mass is 327 g/mol. The van der Waals surface area contributed by atoms with E-state index in [0.717, 1.165) is 0 Å². The van der Waals surface area contributed by atoms with Gasteiger partial charge in [-0.25, -0.2) is 4.39 Å². The molecule has 1 nitrogen and oxygen atoms in total. The van der Waals surface area contributed by atoms with Gasteiger partial charge < -0.3 is 5.32 Å². The third kappa shape index (κ3) is 4.57. The molecule has 1 atom stereocenters. The standard InChI is InChI=1S/C12H14BrF4N/c1-2-18-10(6-7-12(15,16)17)8-4-3-5-9(14)11(8)13/h3-5,10,18H,2,6-7H2,1H3. The van der Waals surface area contributed by atoms with Crippen LogP contribution >= 0.6 is 15.9 Å². The van der Waals surface area contributed by atoms with E-state index in [1.807, 2.05) is 0 Å². The number of halogens is 5. The van der Waals surface area contributed by atoms with Crippen molar-refractivity contribution in [2.24, 2.45) is 0 Å². The van der Waals surface area contributed by atoms with Gasteiger partial charge in [0.25, 0.3) is 0 Å². The van der Waals surface area contributed by atoms with Gasteiger partial charge in [0.15, 0.2) is 0 Å². The van der Waals surface area contributed by atoms with E-state index in [4.69, 9.17) is 0 Å². The van der Waals surface area contributed by atoms with Crippen LogP contribution in [0.1, 0.15) is 31.4 Å². The summed E-state index contributed by atoms with van der Waals surface area (Å²) in [4.78, 5) is 0. The van der Waals surface area contributed by atoms with Crippen LogP contribution in [-0.2, 0) is 0 Å². The van der Waals surface area contributed by atoms with Gasteiger partial charge in [-0.05, 0) is 40.5 Å². The Morgan fingerprint density at radius 1 is 1.33 bits per heavy atom. The molecular formula is C12H14BrF4N. The van der Waals surface area contributed by atoms with Crippen molar-refractivity contribution in [3.63, 3.8) is 0 Å². The second-order valence-corrected chi connectivity index (χ2v) is 4.70. The van der Waals surface area contributed by atoms with Gasteiger partial charge in [-0.1, -0.05) is 19.1 Å². The Labute approximate surface area is 112 Å². The summed E-state index contributed by atoms with van der Waals surface area (Å²) in [6, 6.07) is 3.87. The summed E-state index contributed by atoms with van der Waals surface area (Å²) >= 11 is 3.08. The van der Waals surface area contributed by atoms with Crippen LogP contribution in [0, 0.1) is 5.82 Å². The number of alkyl halides is 3. The van der Waals surface area contributed by atoms with E-state index in [1.54, 1.807) is 13.0 Å². The molecule has 0 heterocycles. The van der Waals surface area contributed by atoms with Gasteiger partial charge in [0, 0.05) is 12.5 Å². The van der Waals surface area contributed by atoms with Crippen molar-refractivity contribution < 1.29 is 17.6 Å². The molecular weight excluding hydrogens is 314 g/mol. The first-order valence-corrected chi connectivity index (χ1v) is 6.38. The Morgan fingerprint density at radius 3 is 2.56 bits per heavy atom. The van der Waals surface area contributed by atoms with Gasteiger partial charge in [-0.2, -0.15) is 13.2 Å². The van der Waals surface area contributed by atoms with E-state index < -0.39 is 24.5 Å². The van der Waals surface area contributed by atoms with Crippen molar-refractivity contribution in [1.29, 1.82) is 0 Å². The average Bonchev–Trinajstić information content (AvgIpc) is 2.27. The average molecular weight is 328 g/mol. The molecule has 0 amide bonds. The molecule has 0 saturated heterocycles. The van der Waals surface area contributed by atoms with Crippen LogP contribution in [0.15, 0.2) is 22.7 Å². The zero-order valence-electron chi connectivity index (χ0n) is 9.82. The summed E-state index contributed by atoms with van der Waals surface area (Å²) in [5.74, 6) is -0.470. The molecule has 1 aromatic rings. The van der Waals surface area contributed by atoms with Crippen molar-refractivity contribution in [3.05, 3.63) is 34.1 Å². The third-order valence-electron chi connectivity index (χ3n) is 2.52. The fourth-order valence-corrected chi connectivity index (χ4v) is 2.25. The molecule has 1 N–H and O–H groups in total. The maximum absolute atomic E-state index is 13.4. The summed E-state index contributed by atoms with van der Waals surface area (Å²) in [5, 5.41) is 2.94. The molecule has 18 heavy (non-hydrogen) atoms. The molecule has 0 radical (unpaired) electrons. The van der Waals surface area contributed by atoms with Crippen LogP contribution in [0.4, 0.5) is 17.6 Å². The highest BCUT2D eigenvalue weighted by Gasteiger charge is 2.29. The molecule has 0 spiro atoms. The second-order valence-electron chi connectivity index (χ2n) is 3.91. The predicted molar refractivity (Wildman–Crippen MR) is 65.8 cm³/mol. The van der Waals surface area contributed by atoms with Crippen LogP contribution in [0.25, 0.3) is 0 Å². The highest BCUT2D eigenvalue weighted by atomic mass is 79.9. The molecule has 0 bridgehead atoms. The summed E-state index contributed by atoms with van der Waals surface area (Å²) in [6.45, 7) is 2.32. The topological polar surface area (TPSA) is 12.0 Å². The first kappa shape index (κ1) is 15.4. The highest BCUT2D eigenvalue weighted by Crippen LogP contribution is 2.32. The van der Waals surface area contributed by atoms with Gasteiger partial charge in [0.05, 0.1) is 4.47 Å². The van der Waals surface area contributed by atoms with Crippen LogP contribution < -0.4 is 5.32 Å². The molecule has 1 unspecified atom stereocenters. The van der Waals surface area contributed by atoms with Gasteiger partial charge in [-0.15, -0.1) is 0 Å². The van der Waals surface area contributed by atoms with Crippen molar-refractivity contribution in [2.75, 3.05) is 6.54 Å². The summed E-state index contributed by atoms with van der Waals surface area (Å²) in [5.41, 5.74) is 0.515. The van der Waals surface area contributed by atoms with Gasteiger partial charge in [-0.3, -0.25) is 0 Å². The minimum absolute atomic E-state index is 0.112. The fourth-order valence-electron chi connectivity index (χ4n) is 1.71. The summed E-state index contributed by atoms with van der Waals surface area (Å²) < 4.78 is 50.3. The molecule has 0 aliphatic rings. The van der Waals surface area contributed by atoms with Crippen molar-refractivity contribution in [3.8, 4) is 0 Å². The number of rotatable bonds is 5. The molecule has 1 rings (SSSR count). The Balaban J connectivity index is 2.87. The molecule has 102 valence electrons. The van der Waals surface area contributed by atoms with Crippen molar-refractivity contribution >= 4 is 15.9 Å². The van der Waals surface area contributed by atoms with Crippen molar-refractivity contribution in [1.82, 2.24) is 5.32 Å². The normalized spacial score (nSPS) is 13.7. The lowest BCUT2D eigenvalue weighted by Crippen LogP contribution is -2.23. The lowest BCUT2D eigenvalue weighted by Gasteiger charge is -2.20. The lowest BCUT2D eigenvalue weighted by atomic mass is 10.0. The van der Waals surface area contributed by atoms with E-state index in [2.05, 4.69) is 21.2 Å². The molecule has 0 aliphatic heterocycles. The quantitative estimate of drug-likeness (QED) is 0.780. The number of benzene rings is 1. The maximum Gasteiger partial charge on any atom is 0.389 e. The van der Waals surface area contributed by atoms with E-state index in [0.29, 0.717) is 12.1 Å². The maximum atomic E-state index is 13.4. The van der Waals surface area contributed by atoms with E-state index in [-0.39, 0.29) is 10.9 Å². The van der Waals surface area contributed by atoms with E-state index in [1.165, 1.54) is 12.1 Å². The van der Waals surface area contributed by atoms with Crippen molar-refractivity contribution in [2.45, 2.75) is 32.0 Å². The Kier molecular flexibility index (Phi) is 5.59. The number of hydrogen-bond acceptors (Lipinski definition) is 1. The van der Waals surface area contributed by atoms with Crippen LogP contribution in [0.2, 0.25) is 0 Å². The molecule has 0 fully saturated rings. The lowest BCUT2D eigenvalue weighted by molar-refractivity contribution is -0.136. The largest absolute Gasteiger partial charge is 0.389 e. The van der Waals surface area contributed by atoms with Gasteiger partial charge in [0.2, 0.25) is 0 Å². The summed E-state index contributed by atoms with van der Waals surface area (Å²) in [6.07, 6.45) is -5.21. The molecule has 0 aliphatic carbocycles. The second kappa shape index (κ2) is 6.52. The highest BCUT2D eigenvalue weighted by molar-refractivity contribution is 9.10. The van der Waals surface area contributed by atoms with Gasteiger partial charge >= 0.3 is 6.18 Å². The zero-order valence-corrected chi connectivity index (χ0v) is 11.4. The summed E-state index contributed by atoms with van der Waals surface area (Å²) in [7, 11) is 0. The van der Waals surface area contributed by atoms with Gasteiger partial charge in [0.1, 0.15) is 5.82 Å². The number of nitrogens with one attached hydrogen (secondary N) is 1. The number of hydrogen-bond donors (Lipinski definition) is 1. The Bertz CT molecular complexity index is 392. The first-order chi connectivity index (χ1) is 8.35. The molecule has 0 aromatic heterocycles. The van der Waals surface area contributed by atoms with Crippen LogP contribution in [-0.4, -0.2) is 12.7 Å². The molecule has 0 saturated carbocycles. The minimum Gasteiger partial charge on any atom is -0.310 e. The predicted octanol–water partition coefficient (Wildman–Crippen LogP) is 4.58. The first-order valence-electron chi connectivity index (χ1n) is 5.59. The Hall–Kier alpha value is -0.620. The van der Waals surface area contributed by atoms with E-state index >= 15 is 0 Å². The smallest absolute Gasteiger partial charge is 0.310 e. The van der Waals surface area contributed by atoms with Crippen LogP contribution in [0.3, 0.4) is 0 Å².